The van der Waals surface area contributed by atoms with Crippen molar-refractivity contribution in [2.75, 3.05) is 4.72 Å². The van der Waals surface area contributed by atoms with Crippen molar-refractivity contribution in [2.24, 2.45) is 0 Å². The Labute approximate surface area is 128 Å². The number of pyridine rings is 1. The Bertz CT molecular complexity index is 988. The van der Waals surface area contributed by atoms with Gasteiger partial charge in [-0.1, -0.05) is 6.07 Å². The first kappa shape index (κ1) is 14.2. The molecule has 2 N–H and O–H groups in total. The normalized spacial score (nSPS) is 11.2. The third-order valence-electron chi connectivity index (χ3n) is 3.20. The van der Waals surface area contributed by atoms with Crippen LogP contribution in [-0.4, -0.2) is 26.2 Å². The Morgan fingerprint density at radius 3 is 2.59 bits per heavy atom. The summed E-state index contributed by atoms with van der Waals surface area (Å²) in [5.41, 5.74) is 2.20. The molecular formula is C14H11BN4O2S. The highest BCUT2D eigenvalue weighted by atomic mass is 32.2. The summed E-state index contributed by atoms with van der Waals surface area (Å²) in [7, 11) is -1.90. The molecule has 0 aliphatic carbocycles. The molecule has 0 amide bonds. The average molecular weight is 310 g/mol. The average Bonchev–Trinajstić information content (AvgIpc) is 2.91. The number of aromatic amines is 1. The minimum Gasteiger partial charge on any atom is -0.345 e. The highest BCUT2D eigenvalue weighted by molar-refractivity contribution is 7.93. The largest absolute Gasteiger partial charge is 0.345 e. The van der Waals surface area contributed by atoms with E-state index in [-0.39, 0.29) is 4.90 Å². The minimum absolute atomic E-state index is 0.138. The number of nitrogens with zero attached hydrogens (tertiary/aromatic N) is 2. The van der Waals surface area contributed by atoms with Gasteiger partial charge in [-0.05, 0) is 35.9 Å². The first-order valence-electron chi connectivity index (χ1n) is 6.47. The van der Waals surface area contributed by atoms with E-state index in [1.165, 1.54) is 6.20 Å². The van der Waals surface area contributed by atoms with Crippen LogP contribution in [0.25, 0.3) is 11.0 Å². The topological polar surface area (TPSA) is 98.6 Å². The van der Waals surface area contributed by atoms with Crippen LogP contribution in [0, 0.1) is 11.3 Å². The van der Waals surface area contributed by atoms with Gasteiger partial charge >= 0.3 is 0 Å². The number of benzene rings is 1. The fraction of sp³-hybridized carbons (Fsp3) is 0. The van der Waals surface area contributed by atoms with Gasteiger partial charge in [-0.3, -0.25) is 4.72 Å². The summed E-state index contributed by atoms with van der Waals surface area (Å²) in [6.07, 6.45) is 1.42. The third-order valence-corrected chi connectivity index (χ3v) is 4.62. The molecule has 0 spiro atoms. The Balaban J connectivity index is 1.99. The van der Waals surface area contributed by atoms with Crippen LogP contribution in [0.1, 0.15) is 5.56 Å². The van der Waals surface area contributed by atoms with Crippen molar-refractivity contribution >= 4 is 40.2 Å². The van der Waals surface area contributed by atoms with Crippen LogP contribution in [0.4, 0.5) is 5.69 Å². The zero-order chi connectivity index (χ0) is 15.7. The van der Waals surface area contributed by atoms with Gasteiger partial charge in [-0.2, -0.15) is 5.26 Å². The third kappa shape index (κ3) is 2.54. The zero-order valence-corrected chi connectivity index (χ0v) is 12.5. The molecule has 2 aromatic heterocycles. The predicted molar refractivity (Wildman–Crippen MR) is 86.2 cm³/mol. The van der Waals surface area contributed by atoms with E-state index in [4.69, 9.17) is 5.26 Å². The standard InChI is InChI=1S/C14H11BN4O2S/c15-13-6-5-11-12(8-17-14(11)18-13)22(20,21)19-10-3-1-9(7-16)2-4-10/h1-6,8,19H,15H2,(H,17,18). The lowest BCUT2D eigenvalue weighted by molar-refractivity contribution is 0.602. The fourth-order valence-corrected chi connectivity index (χ4v) is 3.35. The van der Waals surface area contributed by atoms with Crippen LogP contribution in [0.2, 0.25) is 0 Å². The van der Waals surface area contributed by atoms with Crippen LogP contribution in [0.5, 0.6) is 0 Å². The number of aromatic nitrogens is 2. The SMILES string of the molecule is Bc1ccc2c(S(=O)(=O)Nc3ccc(C#N)cc3)c[nH]c2n1. The number of sulfonamides is 1. The van der Waals surface area contributed by atoms with E-state index in [0.29, 0.717) is 22.3 Å². The molecule has 0 radical (unpaired) electrons. The molecule has 0 fully saturated rings. The van der Waals surface area contributed by atoms with Gasteiger partial charge in [0, 0.05) is 17.3 Å². The van der Waals surface area contributed by atoms with Crippen molar-refractivity contribution in [1.82, 2.24) is 9.97 Å². The number of hydrogen-bond donors (Lipinski definition) is 2. The first-order chi connectivity index (χ1) is 10.5. The van der Waals surface area contributed by atoms with Crippen molar-refractivity contribution < 1.29 is 8.42 Å². The minimum atomic E-state index is -3.73. The van der Waals surface area contributed by atoms with E-state index < -0.39 is 10.0 Å². The lowest BCUT2D eigenvalue weighted by Gasteiger charge is -2.07. The Morgan fingerprint density at radius 2 is 1.91 bits per heavy atom. The summed E-state index contributed by atoms with van der Waals surface area (Å²) in [6, 6.07) is 11.7. The molecule has 2 heterocycles. The number of rotatable bonds is 3. The van der Waals surface area contributed by atoms with Crippen molar-refractivity contribution in [3.05, 3.63) is 48.2 Å². The molecular weight excluding hydrogens is 299 g/mol. The monoisotopic (exact) mass is 310 g/mol. The smallest absolute Gasteiger partial charge is 0.264 e. The molecule has 3 rings (SSSR count). The van der Waals surface area contributed by atoms with E-state index in [9.17, 15) is 8.42 Å². The maximum absolute atomic E-state index is 12.5. The second-order valence-electron chi connectivity index (χ2n) is 4.80. The molecule has 1 aromatic carbocycles. The second kappa shape index (κ2) is 5.20. The number of fused-ring (bicyclic) bond motifs is 1. The van der Waals surface area contributed by atoms with Crippen LogP contribution >= 0.6 is 0 Å². The summed E-state index contributed by atoms with van der Waals surface area (Å²) in [4.78, 5) is 7.26. The molecule has 0 unspecified atom stereocenters. The molecule has 0 saturated heterocycles. The summed E-state index contributed by atoms with van der Waals surface area (Å²) in [6.45, 7) is 0. The van der Waals surface area contributed by atoms with Gasteiger partial charge in [0.05, 0.1) is 11.6 Å². The molecule has 8 heteroatoms. The van der Waals surface area contributed by atoms with Crippen molar-refractivity contribution in [1.29, 1.82) is 5.26 Å². The molecule has 0 saturated carbocycles. The lowest BCUT2D eigenvalue weighted by atomic mass is 10.0. The van der Waals surface area contributed by atoms with Crippen molar-refractivity contribution in [3.63, 3.8) is 0 Å². The molecule has 0 bridgehead atoms. The highest BCUT2D eigenvalue weighted by Crippen LogP contribution is 2.23. The number of nitrogens with one attached hydrogen (secondary N) is 2. The molecule has 22 heavy (non-hydrogen) atoms. The van der Waals surface area contributed by atoms with E-state index in [2.05, 4.69) is 14.7 Å². The van der Waals surface area contributed by atoms with Crippen molar-refractivity contribution in [3.8, 4) is 6.07 Å². The zero-order valence-electron chi connectivity index (χ0n) is 11.7. The summed E-state index contributed by atoms with van der Waals surface area (Å²) < 4.78 is 27.5. The highest BCUT2D eigenvalue weighted by Gasteiger charge is 2.19. The summed E-state index contributed by atoms with van der Waals surface area (Å²) >= 11 is 0. The van der Waals surface area contributed by atoms with E-state index in [1.807, 2.05) is 13.9 Å². The molecule has 0 aliphatic rings. The van der Waals surface area contributed by atoms with Gasteiger partial charge in [-0.25, -0.2) is 13.4 Å². The van der Waals surface area contributed by atoms with Gasteiger partial charge in [0.15, 0.2) is 7.85 Å². The number of anilines is 1. The summed E-state index contributed by atoms with van der Waals surface area (Å²) in [5.74, 6) is 0. The Hall–Kier alpha value is -2.79. The Kier molecular flexibility index (Phi) is 3.35. The van der Waals surface area contributed by atoms with Crippen molar-refractivity contribution in [2.45, 2.75) is 4.90 Å². The van der Waals surface area contributed by atoms with E-state index in [1.54, 1.807) is 36.4 Å². The van der Waals surface area contributed by atoms with Gasteiger partial charge < -0.3 is 4.98 Å². The van der Waals surface area contributed by atoms with Crippen LogP contribution in [-0.2, 0) is 10.0 Å². The molecule has 108 valence electrons. The maximum Gasteiger partial charge on any atom is 0.264 e. The van der Waals surface area contributed by atoms with Gasteiger partial charge in [0.25, 0.3) is 10.0 Å². The van der Waals surface area contributed by atoms with E-state index in [0.717, 1.165) is 5.59 Å². The van der Waals surface area contributed by atoms with E-state index >= 15 is 0 Å². The molecule has 3 aromatic rings. The van der Waals surface area contributed by atoms with Gasteiger partial charge in [-0.15, -0.1) is 0 Å². The summed E-state index contributed by atoms with van der Waals surface area (Å²) in [5, 5.41) is 9.29. The van der Waals surface area contributed by atoms with Gasteiger partial charge in [0.2, 0.25) is 0 Å². The first-order valence-corrected chi connectivity index (χ1v) is 7.95. The molecule has 0 aliphatic heterocycles. The Morgan fingerprint density at radius 1 is 1.18 bits per heavy atom. The van der Waals surface area contributed by atoms with Crippen LogP contribution in [0.15, 0.2) is 47.5 Å². The predicted octanol–water partition coefficient (Wildman–Crippen LogP) is 0.494. The molecule has 6 nitrogen and oxygen atoms in total. The number of hydrogen-bond acceptors (Lipinski definition) is 4. The van der Waals surface area contributed by atoms with Crippen LogP contribution < -0.4 is 10.3 Å². The second-order valence-corrected chi connectivity index (χ2v) is 6.45. The quantitative estimate of drug-likeness (QED) is 0.688. The number of H-pyrrole nitrogens is 1. The lowest BCUT2D eigenvalue weighted by Crippen LogP contribution is -2.13. The van der Waals surface area contributed by atoms with Gasteiger partial charge in [0.1, 0.15) is 10.5 Å². The maximum atomic E-state index is 12.5. The number of nitriles is 1. The molecule has 0 atom stereocenters. The fourth-order valence-electron chi connectivity index (χ4n) is 2.12. The van der Waals surface area contributed by atoms with Crippen LogP contribution in [0.3, 0.4) is 0 Å².